The molecule has 3 N–H and O–H groups in total. The Bertz CT molecular complexity index is 632. The molecular formula is C17H22N2O2. The van der Waals surface area contributed by atoms with Crippen LogP contribution >= 0.6 is 0 Å². The van der Waals surface area contributed by atoms with Gasteiger partial charge in [0.15, 0.2) is 0 Å². The van der Waals surface area contributed by atoms with Crippen molar-refractivity contribution >= 4 is 16.8 Å². The van der Waals surface area contributed by atoms with Gasteiger partial charge in [-0.05, 0) is 43.2 Å². The summed E-state index contributed by atoms with van der Waals surface area (Å²) in [5.41, 5.74) is 0.502. The van der Waals surface area contributed by atoms with Crippen LogP contribution in [0.25, 0.3) is 10.8 Å². The monoisotopic (exact) mass is 286 g/mol. The van der Waals surface area contributed by atoms with Gasteiger partial charge in [0, 0.05) is 12.1 Å². The van der Waals surface area contributed by atoms with Crippen molar-refractivity contribution in [2.24, 2.45) is 0 Å². The fourth-order valence-corrected chi connectivity index (χ4v) is 2.11. The van der Waals surface area contributed by atoms with Crippen molar-refractivity contribution in [2.75, 3.05) is 6.54 Å². The largest absolute Gasteiger partial charge is 0.387 e. The lowest BCUT2D eigenvalue weighted by molar-refractivity contribution is 0.171. The Labute approximate surface area is 125 Å². The number of benzene rings is 2. The van der Waals surface area contributed by atoms with Crippen molar-refractivity contribution in [3.63, 3.8) is 0 Å². The molecule has 4 nitrogen and oxygen atoms in total. The van der Waals surface area contributed by atoms with Gasteiger partial charge in [-0.25, -0.2) is 4.79 Å². The molecular weight excluding hydrogens is 264 g/mol. The van der Waals surface area contributed by atoms with Crippen LogP contribution in [0.2, 0.25) is 0 Å². The first-order valence-electron chi connectivity index (χ1n) is 7.08. The van der Waals surface area contributed by atoms with E-state index in [-0.39, 0.29) is 18.1 Å². The second-order valence-corrected chi connectivity index (χ2v) is 6.21. The van der Waals surface area contributed by atoms with Crippen molar-refractivity contribution < 1.29 is 9.90 Å². The third-order valence-electron chi connectivity index (χ3n) is 3.10. The minimum atomic E-state index is -0.722. The van der Waals surface area contributed by atoms with Crippen LogP contribution in [0.4, 0.5) is 4.79 Å². The molecule has 2 rings (SSSR count). The second kappa shape index (κ2) is 6.14. The molecule has 0 aliphatic rings. The van der Waals surface area contributed by atoms with Crippen LogP contribution < -0.4 is 10.6 Å². The molecule has 1 unspecified atom stereocenters. The predicted molar refractivity (Wildman–Crippen MR) is 85.2 cm³/mol. The van der Waals surface area contributed by atoms with Gasteiger partial charge < -0.3 is 15.7 Å². The normalized spacial score (nSPS) is 13.0. The maximum atomic E-state index is 11.7. The second-order valence-electron chi connectivity index (χ2n) is 6.21. The van der Waals surface area contributed by atoms with Crippen LogP contribution in [0.5, 0.6) is 0 Å². The molecule has 1 atom stereocenters. The van der Waals surface area contributed by atoms with Crippen molar-refractivity contribution in [3.8, 4) is 0 Å². The number of carbonyl (C=O) groups is 1. The Morgan fingerprint density at radius 1 is 1.14 bits per heavy atom. The molecule has 2 amide bonds. The standard InChI is InChI=1S/C17H22N2O2/c1-17(2,3)19-16(21)18-11-15(20)14-9-8-12-6-4-5-7-13(12)10-14/h4-10,15,20H,11H2,1-3H3,(H2,18,19,21). The molecule has 0 fully saturated rings. The smallest absolute Gasteiger partial charge is 0.315 e. The Hall–Kier alpha value is -2.07. The number of aliphatic hydroxyl groups is 1. The lowest BCUT2D eigenvalue weighted by atomic mass is 10.0. The van der Waals surface area contributed by atoms with Crippen LogP contribution in [0.3, 0.4) is 0 Å². The van der Waals surface area contributed by atoms with E-state index < -0.39 is 6.10 Å². The van der Waals surface area contributed by atoms with E-state index in [1.54, 1.807) is 0 Å². The Kier molecular flexibility index (Phi) is 4.48. The highest BCUT2D eigenvalue weighted by atomic mass is 16.3. The summed E-state index contributed by atoms with van der Waals surface area (Å²) < 4.78 is 0. The summed E-state index contributed by atoms with van der Waals surface area (Å²) in [7, 11) is 0. The number of urea groups is 1. The van der Waals surface area contributed by atoms with Crippen molar-refractivity contribution in [2.45, 2.75) is 32.4 Å². The molecule has 0 aliphatic heterocycles. The van der Waals surface area contributed by atoms with E-state index in [4.69, 9.17) is 0 Å². The van der Waals surface area contributed by atoms with E-state index >= 15 is 0 Å². The first kappa shape index (κ1) is 15.3. The summed E-state index contributed by atoms with van der Waals surface area (Å²) in [5.74, 6) is 0. The van der Waals surface area contributed by atoms with E-state index in [1.807, 2.05) is 63.2 Å². The van der Waals surface area contributed by atoms with Crippen LogP contribution in [0.1, 0.15) is 32.4 Å². The molecule has 0 spiro atoms. The fourth-order valence-electron chi connectivity index (χ4n) is 2.11. The maximum Gasteiger partial charge on any atom is 0.315 e. The van der Waals surface area contributed by atoms with Crippen molar-refractivity contribution in [1.82, 2.24) is 10.6 Å². The highest BCUT2D eigenvalue weighted by molar-refractivity contribution is 5.83. The van der Waals surface area contributed by atoms with Gasteiger partial charge >= 0.3 is 6.03 Å². The Morgan fingerprint density at radius 3 is 2.48 bits per heavy atom. The van der Waals surface area contributed by atoms with E-state index in [0.717, 1.165) is 16.3 Å². The highest BCUT2D eigenvalue weighted by Gasteiger charge is 2.15. The number of hydrogen-bond acceptors (Lipinski definition) is 2. The summed E-state index contributed by atoms with van der Waals surface area (Å²) >= 11 is 0. The number of amides is 2. The summed E-state index contributed by atoms with van der Waals surface area (Å²) in [4.78, 5) is 11.7. The van der Waals surface area contributed by atoms with Gasteiger partial charge in [-0.15, -0.1) is 0 Å². The number of rotatable bonds is 3. The number of hydrogen-bond donors (Lipinski definition) is 3. The molecule has 0 saturated carbocycles. The van der Waals surface area contributed by atoms with Gasteiger partial charge in [-0.1, -0.05) is 36.4 Å². The van der Waals surface area contributed by atoms with Crippen molar-refractivity contribution in [3.05, 3.63) is 48.0 Å². The quantitative estimate of drug-likeness (QED) is 0.812. The average Bonchev–Trinajstić information content (AvgIpc) is 2.42. The van der Waals surface area contributed by atoms with Gasteiger partial charge in [0.1, 0.15) is 0 Å². The third-order valence-corrected chi connectivity index (χ3v) is 3.10. The minimum Gasteiger partial charge on any atom is -0.387 e. The van der Waals surface area contributed by atoms with E-state index in [2.05, 4.69) is 10.6 Å². The number of carbonyl (C=O) groups excluding carboxylic acids is 1. The van der Waals surface area contributed by atoms with Gasteiger partial charge in [0.25, 0.3) is 0 Å². The van der Waals surface area contributed by atoms with Crippen LogP contribution in [-0.4, -0.2) is 23.2 Å². The summed E-state index contributed by atoms with van der Waals surface area (Å²) in [6.07, 6.45) is -0.722. The molecule has 0 bridgehead atoms. The molecule has 112 valence electrons. The zero-order valence-corrected chi connectivity index (χ0v) is 12.7. The predicted octanol–water partition coefficient (Wildman–Crippen LogP) is 2.97. The first-order chi connectivity index (χ1) is 9.85. The van der Waals surface area contributed by atoms with Crippen molar-refractivity contribution in [1.29, 1.82) is 0 Å². The van der Waals surface area contributed by atoms with E-state index in [9.17, 15) is 9.90 Å². The Morgan fingerprint density at radius 2 is 1.81 bits per heavy atom. The number of aliphatic hydroxyl groups excluding tert-OH is 1. The highest BCUT2D eigenvalue weighted by Crippen LogP contribution is 2.20. The summed E-state index contributed by atoms with van der Waals surface area (Å²) in [6.45, 7) is 5.91. The fraction of sp³-hybridized carbons (Fsp3) is 0.353. The maximum absolute atomic E-state index is 11.7. The molecule has 4 heteroatoms. The molecule has 0 aliphatic carbocycles. The number of fused-ring (bicyclic) bond motifs is 1. The summed E-state index contributed by atoms with van der Waals surface area (Å²) in [5, 5.41) is 17.9. The van der Waals surface area contributed by atoms with Gasteiger partial charge in [0.2, 0.25) is 0 Å². The SMILES string of the molecule is CC(C)(C)NC(=O)NCC(O)c1ccc2ccccc2c1. The van der Waals surface area contributed by atoms with Crippen LogP contribution in [0, 0.1) is 0 Å². The van der Waals surface area contributed by atoms with Crippen LogP contribution in [0.15, 0.2) is 42.5 Å². The molecule has 2 aromatic rings. The molecule has 0 heterocycles. The zero-order valence-electron chi connectivity index (χ0n) is 12.7. The van der Waals surface area contributed by atoms with Gasteiger partial charge in [0.05, 0.1) is 6.10 Å². The average molecular weight is 286 g/mol. The number of nitrogens with one attached hydrogen (secondary N) is 2. The third kappa shape index (κ3) is 4.46. The van der Waals surface area contributed by atoms with E-state index in [0.29, 0.717) is 0 Å². The molecule has 0 radical (unpaired) electrons. The van der Waals surface area contributed by atoms with E-state index in [1.165, 1.54) is 0 Å². The molecule has 2 aromatic carbocycles. The van der Waals surface area contributed by atoms with Crippen LogP contribution in [-0.2, 0) is 0 Å². The summed E-state index contributed by atoms with van der Waals surface area (Å²) in [6, 6.07) is 13.5. The van der Waals surface area contributed by atoms with Gasteiger partial charge in [-0.2, -0.15) is 0 Å². The Balaban J connectivity index is 1.99. The first-order valence-corrected chi connectivity index (χ1v) is 7.08. The zero-order chi connectivity index (χ0) is 15.5. The minimum absolute atomic E-state index is 0.181. The molecule has 0 aromatic heterocycles. The lowest BCUT2D eigenvalue weighted by Gasteiger charge is -2.21. The molecule has 21 heavy (non-hydrogen) atoms. The lowest BCUT2D eigenvalue weighted by Crippen LogP contribution is -2.47. The van der Waals surface area contributed by atoms with Gasteiger partial charge in [-0.3, -0.25) is 0 Å². The molecule has 0 saturated heterocycles. The topological polar surface area (TPSA) is 61.4 Å².